The highest BCUT2D eigenvalue weighted by Gasteiger charge is 2.15. The fourth-order valence-corrected chi connectivity index (χ4v) is 3.03. The SMILES string of the molecule is CCCOc1c(Br)cc(CNC(C)(C)CC)cc1Br. The Kier molecular flexibility index (Phi) is 6.84. The first-order chi connectivity index (χ1) is 8.89. The van der Waals surface area contributed by atoms with Crippen LogP contribution < -0.4 is 10.1 Å². The minimum atomic E-state index is 0.163. The van der Waals surface area contributed by atoms with Crippen molar-refractivity contribution in [3.8, 4) is 5.75 Å². The highest BCUT2D eigenvalue weighted by molar-refractivity contribution is 9.11. The van der Waals surface area contributed by atoms with Gasteiger partial charge in [0.05, 0.1) is 15.6 Å². The van der Waals surface area contributed by atoms with Gasteiger partial charge < -0.3 is 10.1 Å². The normalized spacial score (nSPS) is 11.7. The first-order valence-electron chi connectivity index (χ1n) is 6.75. The van der Waals surface area contributed by atoms with Crippen LogP contribution in [0.4, 0.5) is 0 Å². The molecule has 0 amide bonds. The number of rotatable bonds is 7. The lowest BCUT2D eigenvalue weighted by atomic mass is 10.0. The van der Waals surface area contributed by atoms with Crippen molar-refractivity contribution in [2.45, 2.75) is 52.6 Å². The molecule has 1 N–H and O–H groups in total. The zero-order chi connectivity index (χ0) is 14.5. The third kappa shape index (κ3) is 5.44. The molecule has 4 heteroatoms. The number of nitrogens with one attached hydrogen (secondary N) is 1. The molecule has 0 atom stereocenters. The topological polar surface area (TPSA) is 21.3 Å². The van der Waals surface area contributed by atoms with Crippen LogP contribution in [0.5, 0.6) is 5.75 Å². The van der Waals surface area contributed by atoms with Crippen LogP contribution in [0.15, 0.2) is 21.1 Å². The lowest BCUT2D eigenvalue weighted by molar-refractivity contribution is 0.313. The van der Waals surface area contributed by atoms with Crippen molar-refractivity contribution in [1.82, 2.24) is 5.32 Å². The summed E-state index contributed by atoms with van der Waals surface area (Å²) in [5.74, 6) is 0.889. The van der Waals surface area contributed by atoms with Crippen molar-refractivity contribution in [3.63, 3.8) is 0 Å². The molecule has 1 rings (SSSR count). The molecule has 1 aromatic rings. The molecule has 1 aromatic carbocycles. The van der Waals surface area contributed by atoms with Crippen molar-refractivity contribution in [2.75, 3.05) is 6.61 Å². The van der Waals surface area contributed by atoms with Crippen LogP contribution in [0.25, 0.3) is 0 Å². The van der Waals surface area contributed by atoms with E-state index in [2.05, 4.69) is 77.0 Å². The van der Waals surface area contributed by atoms with Crippen molar-refractivity contribution in [3.05, 3.63) is 26.6 Å². The maximum absolute atomic E-state index is 5.72. The zero-order valence-electron chi connectivity index (χ0n) is 12.1. The molecule has 0 heterocycles. The maximum Gasteiger partial charge on any atom is 0.147 e. The summed E-state index contributed by atoms with van der Waals surface area (Å²) < 4.78 is 7.73. The van der Waals surface area contributed by atoms with E-state index in [0.717, 1.165) is 40.7 Å². The first-order valence-corrected chi connectivity index (χ1v) is 8.34. The summed E-state index contributed by atoms with van der Waals surface area (Å²) >= 11 is 7.17. The van der Waals surface area contributed by atoms with E-state index in [1.165, 1.54) is 5.56 Å². The molecular weight excluding hydrogens is 370 g/mol. The molecule has 108 valence electrons. The van der Waals surface area contributed by atoms with E-state index in [1.807, 2.05) is 0 Å². The molecule has 0 aliphatic carbocycles. The Labute approximate surface area is 133 Å². The average Bonchev–Trinajstić information content (AvgIpc) is 2.36. The van der Waals surface area contributed by atoms with Crippen LogP contribution in [0, 0.1) is 0 Å². The first kappa shape index (κ1) is 17.0. The monoisotopic (exact) mass is 391 g/mol. The second-order valence-corrected chi connectivity index (χ2v) is 7.04. The van der Waals surface area contributed by atoms with Gasteiger partial charge in [-0.05, 0) is 76.2 Å². The van der Waals surface area contributed by atoms with E-state index in [4.69, 9.17) is 4.74 Å². The van der Waals surface area contributed by atoms with Gasteiger partial charge in [0.15, 0.2) is 0 Å². The summed E-state index contributed by atoms with van der Waals surface area (Å²) in [6.07, 6.45) is 2.11. The summed E-state index contributed by atoms with van der Waals surface area (Å²) in [6.45, 7) is 10.3. The van der Waals surface area contributed by atoms with Crippen molar-refractivity contribution >= 4 is 31.9 Å². The van der Waals surface area contributed by atoms with E-state index in [-0.39, 0.29) is 5.54 Å². The molecule has 0 unspecified atom stereocenters. The predicted octanol–water partition coefficient (Wildman–Crippen LogP) is 5.28. The highest BCUT2D eigenvalue weighted by atomic mass is 79.9. The van der Waals surface area contributed by atoms with Gasteiger partial charge in [0.2, 0.25) is 0 Å². The van der Waals surface area contributed by atoms with Gasteiger partial charge in [-0.2, -0.15) is 0 Å². The Morgan fingerprint density at radius 2 is 1.74 bits per heavy atom. The number of hydrogen-bond acceptors (Lipinski definition) is 2. The third-order valence-corrected chi connectivity index (χ3v) is 4.34. The number of halogens is 2. The van der Waals surface area contributed by atoms with E-state index >= 15 is 0 Å². The van der Waals surface area contributed by atoms with E-state index in [0.29, 0.717) is 0 Å². The molecule has 0 fully saturated rings. The lowest BCUT2D eigenvalue weighted by Crippen LogP contribution is -2.37. The van der Waals surface area contributed by atoms with Gasteiger partial charge in [0.25, 0.3) is 0 Å². The van der Waals surface area contributed by atoms with Gasteiger partial charge >= 0.3 is 0 Å². The predicted molar refractivity (Wildman–Crippen MR) is 88.8 cm³/mol. The van der Waals surface area contributed by atoms with Crippen LogP contribution in [-0.4, -0.2) is 12.1 Å². The molecule has 0 bridgehead atoms. The van der Waals surface area contributed by atoms with E-state index in [1.54, 1.807) is 0 Å². The molecule has 0 spiro atoms. The van der Waals surface area contributed by atoms with Crippen LogP contribution in [0.2, 0.25) is 0 Å². The van der Waals surface area contributed by atoms with Crippen LogP contribution in [0.1, 0.15) is 46.1 Å². The van der Waals surface area contributed by atoms with Crippen molar-refractivity contribution in [1.29, 1.82) is 0 Å². The molecular formula is C15H23Br2NO. The van der Waals surface area contributed by atoms with Gasteiger partial charge in [-0.3, -0.25) is 0 Å². The minimum absolute atomic E-state index is 0.163. The van der Waals surface area contributed by atoms with Crippen LogP contribution >= 0.6 is 31.9 Å². The quantitative estimate of drug-likeness (QED) is 0.681. The summed E-state index contributed by atoms with van der Waals surface area (Å²) in [5.41, 5.74) is 1.40. The lowest BCUT2D eigenvalue weighted by Gasteiger charge is -2.25. The molecule has 0 saturated heterocycles. The number of benzene rings is 1. The molecule has 0 saturated carbocycles. The zero-order valence-corrected chi connectivity index (χ0v) is 15.3. The molecule has 19 heavy (non-hydrogen) atoms. The highest BCUT2D eigenvalue weighted by Crippen LogP contribution is 2.35. The Balaban J connectivity index is 2.77. The van der Waals surface area contributed by atoms with Crippen LogP contribution in [0.3, 0.4) is 0 Å². The van der Waals surface area contributed by atoms with Gasteiger partial charge in [0.1, 0.15) is 5.75 Å². The Morgan fingerprint density at radius 1 is 1.16 bits per heavy atom. The van der Waals surface area contributed by atoms with Crippen molar-refractivity contribution in [2.24, 2.45) is 0 Å². The fourth-order valence-electron chi connectivity index (χ4n) is 1.52. The maximum atomic E-state index is 5.72. The van der Waals surface area contributed by atoms with E-state index in [9.17, 15) is 0 Å². The van der Waals surface area contributed by atoms with E-state index < -0.39 is 0 Å². The minimum Gasteiger partial charge on any atom is -0.491 e. The Bertz CT molecular complexity index is 396. The van der Waals surface area contributed by atoms with Gasteiger partial charge in [-0.25, -0.2) is 0 Å². The summed E-state index contributed by atoms with van der Waals surface area (Å²) in [7, 11) is 0. The van der Waals surface area contributed by atoms with Gasteiger partial charge in [0, 0.05) is 12.1 Å². The summed E-state index contributed by atoms with van der Waals surface area (Å²) in [6, 6.07) is 4.24. The molecule has 0 aromatic heterocycles. The van der Waals surface area contributed by atoms with Gasteiger partial charge in [-0.1, -0.05) is 13.8 Å². The van der Waals surface area contributed by atoms with Crippen molar-refractivity contribution < 1.29 is 4.74 Å². The standard InChI is InChI=1S/C15H23Br2NO/c1-5-7-19-14-12(16)8-11(9-13(14)17)10-18-15(3,4)6-2/h8-9,18H,5-7,10H2,1-4H3. The van der Waals surface area contributed by atoms with Gasteiger partial charge in [-0.15, -0.1) is 0 Å². The second-order valence-electron chi connectivity index (χ2n) is 5.33. The molecule has 0 aliphatic heterocycles. The summed E-state index contributed by atoms with van der Waals surface area (Å²) in [4.78, 5) is 0. The summed E-state index contributed by atoms with van der Waals surface area (Å²) in [5, 5.41) is 3.56. The largest absolute Gasteiger partial charge is 0.491 e. The third-order valence-electron chi connectivity index (χ3n) is 3.16. The molecule has 0 aliphatic rings. The Morgan fingerprint density at radius 3 is 2.21 bits per heavy atom. The molecule has 2 nitrogen and oxygen atoms in total. The smallest absolute Gasteiger partial charge is 0.147 e. The fraction of sp³-hybridized carbons (Fsp3) is 0.600. The molecule has 0 radical (unpaired) electrons. The Hall–Kier alpha value is -0.0600. The second kappa shape index (κ2) is 7.65. The number of ether oxygens (including phenoxy) is 1. The number of hydrogen-bond donors (Lipinski definition) is 1. The average molecular weight is 393 g/mol. The van der Waals surface area contributed by atoms with Crippen LogP contribution in [-0.2, 0) is 6.54 Å².